The molecule has 1 aromatic heterocycles. The van der Waals surface area contributed by atoms with E-state index in [0.717, 1.165) is 16.9 Å². The van der Waals surface area contributed by atoms with Crippen molar-refractivity contribution in [2.45, 2.75) is 25.9 Å². The molecule has 4 heteroatoms. The minimum atomic E-state index is 0.0510. The number of nitrogens with zero attached hydrogens (tertiary/aromatic N) is 3. The second-order valence-electron chi connectivity index (χ2n) is 3.94. The van der Waals surface area contributed by atoms with E-state index in [-0.39, 0.29) is 6.04 Å². The monoisotopic (exact) mass is 214 g/mol. The van der Waals surface area contributed by atoms with Crippen molar-refractivity contribution in [1.29, 1.82) is 5.26 Å². The van der Waals surface area contributed by atoms with Crippen molar-refractivity contribution >= 4 is 11.0 Å². The molecule has 2 N–H and O–H groups in total. The van der Waals surface area contributed by atoms with Gasteiger partial charge in [-0.25, -0.2) is 4.98 Å². The predicted octanol–water partition coefficient (Wildman–Crippen LogP) is 1.45. The molecule has 0 saturated heterocycles. The number of hydrogen-bond donors (Lipinski definition) is 1. The maximum atomic E-state index is 8.77. The van der Waals surface area contributed by atoms with Crippen LogP contribution in [-0.4, -0.2) is 15.6 Å². The fourth-order valence-electron chi connectivity index (χ4n) is 1.82. The van der Waals surface area contributed by atoms with Crippen molar-refractivity contribution in [3.8, 4) is 6.07 Å². The van der Waals surface area contributed by atoms with Gasteiger partial charge in [0.15, 0.2) is 0 Å². The van der Waals surface area contributed by atoms with Crippen molar-refractivity contribution in [1.82, 2.24) is 9.55 Å². The Labute approximate surface area is 94.3 Å². The lowest BCUT2D eigenvalue weighted by molar-refractivity contribution is 0.585. The summed E-state index contributed by atoms with van der Waals surface area (Å²) in [4.78, 5) is 4.44. The Morgan fingerprint density at radius 3 is 2.94 bits per heavy atom. The van der Waals surface area contributed by atoms with Crippen LogP contribution in [0.1, 0.15) is 12.7 Å². The van der Waals surface area contributed by atoms with E-state index in [4.69, 9.17) is 11.0 Å². The van der Waals surface area contributed by atoms with Gasteiger partial charge in [0.05, 0.1) is 23.5 Å². The van der Waals surface area contributed by atoms with E-state index in [9.17, 15) is 0 Å². The molecule has 0 saturated carbocycles. The second kappa shape index (κ2) is 4.33. The fourth-order valence-corrected chi connectivity index (χ4v) is 1.82. The summed E-state index contributed by atoms with van der Waals surface area (Å²) >= 11 is 0. The first kappa shape index (κ1) is 10.7. The molecule has 4 nitrogen and oxygen atoms in total. The van der Waals surface area contributed by atoms with E-state index in [1.807, 2.05) is 35.8 Å². The van der Waals surface area contributed by atoms with E-state index in [1.165, 1.54) is 0 Å². The first-order valence-corrected chi connectivity index (χ1v) is 5.29. The van der Waals surface area contributed by atoms with Gasteiger partial charge in [-0.3, -0.25) is 0 Å². The molecule has 0 bridgehead atoms. The van der Waals surface area contributed by atoms with Gasteiger partial charge in [0.25, 0.3) is 0 Å². The van der Waals surface area contributed by atoms with Crippen molar-refractivity contribution in [3.05, 3.63) is 30.1 Å². The summed E-state index contributed by atoms with van der Waals surface area (Å²) in [6, 6.07) is 10.1. The van der Waals surface area contributed by atoms with Crippen molar-refractivity contribution < 1.29 is 0 Å². The molecule has 1 atom stereocenters. The normalized spacial score (nSPS) is 12.6. The minimum absolute atomic E-state index is 0.0510. The fraction of sp³-hybridized carbons (Fsp3) is 0.333. The third-order valence-electron chi connectivity index (χ3n) is 2.44. The van der Waals surface area contributed by atoms with Gasteiger partial charge >= 0.3 is 0 Å². The highest BCUT2D eigenvalue weighted by Gasteiger charge is 2.10. The zero-order chi connectivity index (χ0) is 11.5. The van der Waals surface area contributed by atoms with Gasteiger partial charge in [-0.2, -0.15) is 5.26 Å². The minimum Gasteiger partial charge on any atom is -0.326 e. The summed E-state index contributed by atoms with van der Waals surface area (Å²) in [5.41, 5.74) is 7.78. The van der Waals surface area contributed by atoms with Gasteiger partial charge < -0.3 is 10.3 Å². The number of para-hydroxylation sites is 2. The molecule has 0 spiro atoms. The first-order valence-electron chi connectivity index (χ1n) is 5.29. The number of imidazole rings is 1. The number of aromatic nitrogens is 2. The van der Waals surface area contributed by atoms with Crippen LogP contribution in [0.25, 0.3) is 11.0 Å². The summed E-state index contributed by atoms with van der Waals surface area (Å²) in [6.07, 6.45) is 0.321. The molecular formula is C12H14N4. The molecular weight excluding hydrogens is 200 g/mol. The van der Waals surface area contributed by atoms with E-state index < -0.39 is 0 Å². The number of nitriles is 1. The van der Waals surface area contributed by atoms with E-state index in [1.54, 1.807) is 0 Å². The molecule has 0 aliphatic carbocycles. The molecule has 1 heterocycles. The smallest absolute Gasteiger partial charge is 0.124 e. The SMILES string of the molecule is CC(N)Cn1c(CC#N)nc2ccccc21. The maximum Gasteiger partial charge on any atom is 0.124 e. The highest BCUT2D eigenvalue weighted by molar-refractivity contribution is 5.76. The topological polar surface area (TPSA) is 67.6 Å². The van der Waals surface area contributed by atoms with Gasteiger partial charge in [-0.15, -0.1) is 0 Å². The van der Waals surface area contributed by atoms with Crippen LogP contribution in [0.2, 0.25) is 0 Å². The third-order valence-corrected chi connectivity index (χ3v) is 2.44. The molecule has 2 rings (SSSR count). The highest BCUT2D eigenvalue weighted by atomic mass is 15.1. The zero-order valence-electron chi connectivity index (χ0n) is 9.22. The van der Waals surface area contributed by atoms with Crippen molar-refractivity contribution in [2.75, 3.05) is 0 Å². The molecule has 1 unspecified atom stereocenters. The summed E-state index contributed by atoms with van der Waals surface area (Å²) in [6.45, 7) is 2.64. The van der Waals surface area contributed by atoms with Crippen LogP contribution >= 0.6 is 0 Å². The largest absolute Gasteiger partial charge is 0.326 e. The molecule has 0 amide bonds. The standard InChI is InChI=1S/C12H14N4/c1-9(14)8-16-11-5-3-2-4-10(11)15-12(16)6-7-13/h2-5,9H,6,8,14H2,1H3. The average molecular weight is 214 g/mol. The van der Waals surface area contributed by atoms with E-state index >= 15 is 0 Å². The quantitative estimate of drug-likeness (QED) is 0.840. The predicted molar refractivity (Wildman–Crippen MR) is 62.7 cm³/mol. The molecule has 2 aromatic rings. The Morgan fingerprint density at radius 1 is 1.50 bits per heavy atom. The summed E-state index contributed by atoms with van der Waals surface area (Å²) in [7, 11) is 0. The van der Waals surface area contributed by atoms with Crippen LogP contribution in [0.4, 0.5) is 0 Å². The van der Waals surface area contributed by atoms with Crippen LogP contribution in [0.3, 0.4) is 0 Å². The lowest BCUT2D eigenvalue weighted by Gasteiger charge is -2.10. The Balaban J connectivity index is 2.56. The zero-order valence-corrected chi connectivity index (χ0v) is 9.22. The summed E-state index contributed by atoms with van der Waals surface area (Å²) in [5, 5.41) is 8.77. The molecule has 0 aliphatic rings. The Morgan fingerprint density at radius 2 is 2.25 bits per heavy atom. The summed E-state index contributed by atoms with van der Waals surface area (Å²) in [5.74, 6) is 0.793. The Bertz CT molecular complexity index is 533. The Kier molecular flexibility index (Phi) is 2.88. The lowest BCUT2D eigenvalue weighted by atomic mass is 10.3. The van der Waals surface area contributed by atoms with Gasteiger partial charge in [0.2, 0.25) is 0 Å². The highest BCUT2D eigenvalue weighted by Crippen LogP contribution is 2.16. The molecule has 16 heavy (non-hydrogen) atoms. The van der Waals surface area contributed by atoms with Crippen LogP contribution in [0, 0.1) is 11.3 Å². The van der Waals surface area contributed by atoms with Gasteiger partial charge in [-0.1, -0.05) is 12.1 Å². The van der Waals surface area contributed by atoms with Gasteiger partial charge in [-0.05, 0) is 19.1 Å². The second-order valence-corrected chi connectivity index (χ2v) is 3.94. The van der Waals surface area contributed by atoms with E-state index in [0.29, 0.717) is 13.0 Å². The molecule has 1 aromatic carbocycles. The molecule has 0 fully saturated rings. The summed E-state index contributed by atoms with van der Waals surface area (Å²) < 4.78 is 2.03. The van der Waals surface area contributed by atoms with Gasteiger partial charge in [0.1, 0.15) is 5.82 Å². The average Bonchev–Trinajstić information content (AvgIpc) is 2.57. The third kappa shape index (κ3) is 1.90. The first-order chi connectivity index (χ1) is 7.72. The maximum absolute atomic E-state index is 8.77. The number of fused-ring (bicyclic) bond motifs is 1. The van der Waals surface area contributed by atoms with Crippen molar-refractivity contribution in [2.24, 2.45) is 5.73 Å². The Hall–Kier alpha value is -1.86. The van der Waals surface area contributed by atoms with Crippen LogP contribution in [0.15, 0.2) is 24.3 Å². The molecule has 82 valence electrons. The van der Waals surface area contributed by atoms with Crippen LogP contribution in [0.5, 0.6) is 0 Å². The van der Waals surface area contributed by atoms with Crippen LogP contribution < -0.4 is 5.73 Å². The number of rotatable bonds is 3. The number of nitrogens with two attached hydrogens (primary N) is 1. The number of hydrogen-bond acceptors (Lipinski definition) is 3. The lowest BCUT2D eigenvalue weighted by Crippen LogP contribution is -2.23. The number of benzene rings is 1. The molecule has 0 radical (unpaired) electrons. The van der Waals surface area contributed by atoms with E-state index in [2.05, 4.69) is 11.1 Å². The van der Waals surface area contributed by atoms with Crippen molar-refractivity contribution in [3.63, 3.8) is 0 Å². The van der Waals surface area contributed by atoms with Gasteiger partial charge in [0, 0.05) is 12.6 Å². The van der Waals surface area contributed by atoms with Crippen LogP contribution in [-0.2, 0) is 13.0 Å². The molecule has 0 aliphatic heterocycles.